The summed E-state index contributed by atoms with van der Waals surface area (Å²) in [6.45, 7) is 1.69. The van der Waals surface area contributed by atoms with Crippen molar-refractivity contribution in [2.24, 2.45) is 0 Å². The summed E-state index contributed by atoms with van der Waals surface area (Å²) in [5.41, 5.74) is 1.76. The van der Waals surface area contributed by atoms with Crippen LogP contribution in [0.1, 0.15) is 21.6 Å². The third kappa shape index (κ3) is 4.99. The van der Waals surface area contributed by atoms with Crippen LogP contribution in [-0.4, -0.2) is 31.0 Å². The quantitative estimate of drug-likeness (QED) is 0.559. The molecule has 2 aromatic carbocycles. The fourth-order valence-electron chi connectivity index (χ4n) is 2.58. The van der Waals surface area contributed by atoms with E-state index >= 15 is 0 Å². The maximum Gasteiger partial charge on any atom is 0.335 e. The maximum absolute atomic E-state index is 13.3. The maximum atomic E-state index is 13.3. The molecule has 10 heteroatoms. The van der Waals surface area contributed by atoms with Gasteiger partial charge in [0.2, 0.25) is 10.0 Å². The van der Waals surface area contributed by atoms with E-state index in [1.54, 1.807) is 18.4 Å². The normalized spacial score (nSPS) is 11.6. The van der Waals surface area contributed by atoms with Gasteiger partial charge in [-0.2, -0.15) is 0 Å². The molecule has 0 fully saturated rings. The number of sulfonamides is 1. The highest BCUT2D eigenvalue weighted by atomic mass is 35.5. The van der Waals surface area contributed by atoms with Gasteiger partial charge < -0.3 is 5.11 Å². The molecule has 152 valence electrons. The van der Waals surface area contributed by atoms with Crippen LogP contribution in [0.5, 0.6) is 0 Å². The molecular weight excluding hydrogens is 439 g/mol. The lowest BCUT2D eigenvalue weighted by atomic mass is 10.1. The number of aromatic carboxylic acids is 1. The number of carboxylic acid groups (broad SMARTS) is 1. The first-order chi connectivity index (χ1) is 13.7. The van der Waals surface area contributed by atoms with Crippen molar-refractivity contribution in [2.45, 2.75) is 18.2 Å². The Labute approximate surface area is 176 Å². The van der Waals surface area contributed by atoms with E-state index in [4.69, 9.17) is 16.7 Å². The van der Waals surface area contributed by atoms with E-state index in [-0.39, 0.29) is 22.0 Å². The molecule has 2 N–H and O–H groups in total. The molecule has 1 aromatic heterocycles. The van der Waals surface area contributed by atoms with Crippen LogP contribution < -0.4 is 4.72 Å². The number of aromatic nitrogens is 1. The number of nitrogens with one attached hydrogen (secondary N) is 1. The zero-order valence-electron chi connectivity index (χ0n) is 15.1. The second-order valence-corrected chi connectivity index (χ2v) is 9.23. The van der Waals surface area contributed by atoms with E-state index < -0.39 is 21.8 Å². The summed E-state index contributed by atoms with van der Waals surface area (Å²) in [6, 6.07) is 8.28. The molecule has 0 aliphatic rings. The average molecular weight is 455 g/mol. The van der Waals surface area contributed by atoms with Gasteiger partial charge in [-0.3, -0.25) is 0 Å². The molecule has 0 aliphatic carbocycles. The monoisotopic (exact) mass is 454 g/mol. The highest BCUT2D eigenvalue weighted by Crippen LogP contribution is 2.27. The Hall–Kier alpha value is -2.33. The van der Waals surface area contributed by atoms with Gasteiger partial charge in [0, 0.05) is 23.9 Å². The number of benzene rings is 2. The van der Waals surface area contributed by atoms with Crippen LogP contribution >= 0.6 is 22.9 Å². The average Bonchev–Trinajstić information content (AvgIpc) is 3.12. The van der Waals surface area contributed by atoms with Gasteiger partial charge in [0.05, 0.1) is 21.2 Å². The zero-order valence-corrected chi connectivity index (χ0v) is 17.5. The van der Waals surface area contributed by atoms with Crippen molar-refractivity contribution < 1.29 is 22.7 Å². The summed E-state index contributed by atoms with van der Waals surface area (Å²) in [6.07, 6.45) is 0.336. The van der Waals surface area contributed by atoms with Gasteiger partial charge >= 0.3 is 5.97 Å². The number of thiazole rings is 1. The first-order valence-electron chi connectivity index (χ1n) is 8.41. The number of carbonyl (C=O) groups is 1. The van der Waals surface area contributed by atoms with Gasteiger partial charge in [-0.1, -0.05) is 17.7 Å². The first kappa shape index (κ1) is 21.4. The summed E-state index contributed by atoms with van der Waals surface area (Å²) < 4.78 is 40.6. The number of hydrogen-bond acceptors (Lipinski definition) is 5. The molecule has 6 nitrogen and oxygen atoms in total. The predicted molar refractivity (Wildman–Crippen MR) is 110 cm³/mol. The second kappa shape index (κ2) is 8.58. The van der Waals surface area contributed by atoms with Crippen LogP contribution in [-0.2, 0) is 16.4 Å². The molecule has 0 aliphatic heterocycles. The zero-order chi connectivity index (χ0) is 21.2. The predicted octanol–water partition coefficient (Wildman–Crippen LogP) is 4.13. The molecule has 0 bridgehead atoms. The number of carboxylic acids is 1. The van der Waals surface area contributed by atoms with Crippen LogP contribution in [0.25, 0.3) is 10.6 Å². The number of aryl methyl sites for hydroxylation is 1. The van der Waals surface area contributed by atoms with Gasteiger partial charge in [-0.15, -0.1) is 11.3 Å². The van der Waals surface area contributed by atoms with Crippen molar-refractivity contribution in [3.63, 3.8) is 0 Å². The summed E-state index contributed by atoms with van der Waals surface area (Å²) in [4.78, 5) is 15.5. The Morgan fingerprint density at radius 1 is 1.28 bits per heavy atom. The summed E-state index contributed by atoms with van der Waals surface area (Å²) in [5, 5.41) is 11.6. The molecule has 0 atom stereocenters. The van der Waals surface area contributed by atoms with E-state index in [1.807, 2.05) is 0 Å². The van der Waals surface area contributed by atoms with E-state index in [9.17, 15) is 17.6 Å². The minimum atomic E-state index is -3.86. The number of nitrogens with zero attached hydrogens (tertiary/aromatic N) is 1. The largest absolute Gasteiger partial charge is 0.478 e. The minimum Gasteiger partial charge on any atom is -0.478 e. The van der Waals surface area contributed by atoms with Crippen molar-refractivity contribution in [1.29, 1.82) is 0 Å². The molecule has 0 unspecified atom stereocenters. The number of rotatable bonds is 7. The van der Waals surface area contributed by atoms with Crippen molar-refractivity contribution in [2.75, 3.05) is 6.54 Å². The fourth-order valence-corrected chi connectivity index (χ4v) is 4.67. The summed E-state index contributed by atoms with van der Waals surface area (Å²) in [7, 11) is -3.86. The fraction of sp³-hybridized carbons (Fsp3) is 0.158. The molecule has 0 amide bonds. The van der Waals surface area contributed by atoms with Crippen molar-refractivity contribution >= 4 is 38.9 Å². The lowest BCUT2D eigenvalue weighted by Crippen LogP contribution is -2.26. The molecule has 0 saturated carbocycles. The highest BCUT2D eigenvalue weighted by molar-refractivity contribution is 7.89. The Morgan fingerprint density at radius 3 is 2.72 bits per heavy atom. The lowest BCUT2D eigenvalue weighted by molar-refractivity contribution is 0.0696. The first-order valence-corrected chi connectivity index (χ1v) is 11.1. The Kier molecular flexibility index (Phi) is 6.33. The molecule has 29 heavy (non-hydrogen) atoms. The van der Waals surface area contributed by atoms with Crippen molar-refractivity contribution in [3.05, 3.63) is 69.4 Å². The highest BCUT2D eigenvalue weighted by Gasteiger charge is 2.17. The molecule has 3 rings (SSSR count). The Bertz CT molecular complexity index is 1180. The minimum absolute atomic E-state index is 0.00541. The molecule has 1 heterocycles. The second-order valence-electron chi connectivity index (χ2n) is 6.20. The van der Waals surface area contributed by atoms with Crippen molar-refractivity contribution in [1.82, 2.24) is 9.71 Å². The summed E-state index contributed by atoms with van der Waals surface area (Å²) >= 11 is 7.13. The third-order valence-corrected chi connectivity index (χ3v) is 6.83. The van der Waals surface area contributed by atoms with Gasteiger partial charge in [-0.05, 0) is 42.8 Å². The van der Waals surface area contributed by atoms with Gasteiger partial charge in [0.25, 0.3) is 0 Å². The van der Waals surface area contributed by atoms with Crippen LogP contribution in [0.3, 0.4) is 0 Å². The molecular formula is C19H16ClFN2O4S2. The van der Waals surface area contributed by atoms with Crippen LogP contribution in [0.2, 0.25) is 5.02 Å². The molecule has 0 spiro atoms. The standard InChI is InChI=1S/C19H16ClFN2O4S2/c1-11-2-4-14(9-15(11)19(24)25)29(26,27)22-7-6-13-10-28-18(23-13)12-3-5-17(21)16(20)8-12/h2-5,8-10,22H,6-7H2,1H3,(H,24,25). The van der Waals surface area contributed by atoms with Crippen molar-refractivity contribution in [3.8, 4) is 10.6 Å². The Morgan fingerprint density at radius 2 is 2.03 bits per heavy atom. The van der Waals surface area contributed by atoms with E-state index in [1.165, 1.54) is 35.6 Å². The topological polar surface area (TPSA) is 96.4 Å². The molecule has 0 saturated heterocycles. The smallest absolute Gasteiger partial charge is 0.335 e. The van der Waals surface area contributed by atoms with E-state index in [0.717, 1.165) is 6.07 Å². The molecule has 0 radical (unpaired) electrons. The van der Waals surface area contributed by atoms with Crippen LogP contribution in [0.15, 0.2) is 46.7 Å². The number of hydrogen-bond donors (Lipinski definition) is 2. The van der Waals surface area contributed by atoms with Crippen LogP contribution in [0, 0.1) is 12.7 Å². The third-order valence-electron chi connectivity index (χ3n) is 4.14. The van der Waals surface area contributed by atoms with Gasteiger partial charge in [0.1, 0.15) is 10.8 Å². The summed E-state index contributed by atoms with van der Waals surface area (Å²) in [5.74, 6) is -1.70. The van der Waals surface area contributed by atoms with Gasteiger partial charge in [0.15, 0.2) is 0 Å². The Balaban J connectivity index is 1.67. The molecule has 3 aromatic rings. The van der Waals surface area contributed by atoms with Crippen LogP contribution in [0.4, 0.5) is 4.39 Å². The van der Waals surface area contributed by atoms with Gasteiger partial charge in [-0.25, -0.2) is 27.3 Å². The number of halogens is 2. The SMILES string of the molecule is Cc1ccc(S(=O)(=O)NCCc2csc(-c3ccc(F)c(Cl)c3)n2)cc1C(=O)O. The van der Waals surface area contributed by atoms with E-state index in [2.05, 4.69) is 9.71 Å². The lowest BCUT2D eigenvalue weighted by Gasteiger charge is -2.08. The van der Waals surface area contributed by atoms with E-state index in [0.29, 0.717) is 28.2 Å².